The Labute approximate surface area is 131 Å². The number of nitrogens with zero attached hydrogens (tertiary/aromatic N) is 5. The first kappa shape index (κ1) is 15.6. The second kappa shape index (κ2) is 6.34. The Kier molecular flexibility index (Phi) is 4.72. The minimum atomic E-state index is -3.88. The van der Waals surface area contributed by atoms with E-state index in [9.17, 15) is 8.42 Å². The van der Waals surface area contributed by atoms with Crippen molar-refractivity contribution in [2.24, 2.45) is 7.05 Å². The van der Waals surface area contributed by atoms with E-state index in [1.807, 2.05) is 24.3 Å². The second-order valence-corrected chi connectivity index (χ2v) is 6.83. The summed E-state index contributed by atoms with van der Waals surface area (Å²) in [7, 11) is -2.39. The van der Waals surface area contributed by atoms with Crippen molar-refractivity contribution in [2.75, 3.05) is 6.54 Å². The van der Waals surface area contributed by atoms with Crippen LogP contribution in [0.15, 0.2) is 40.0 Å². The van der Waals surface area contributed by atoms with Gasteiger partial charge in [-0.25, -0.2) is 13.1 Å². The highest BCUT2D eigenvalue weighted by atomic mass is 79.9. The van der Waals surface area contributed by atoms with Crippen molar-refractivity contribution in [1.82, 2.24) is 19.3 Å². The largest absolute Gasteiger partial charge is 0.264 e. The number of aryl methyl sites for hydroxylation is 1. The maximum absolute atomic E-state index is 12.7. The Morgan fingerprint density at radius 3 is 2.57 bits per heavy atom. The van der Waals surface area contributed by atoms with Crippen LogP contribution < -0.4 is 0 Å². The van der Waals surface area contributed by atoms with Crippen LogP contribution in [0.5, 0.6) is 0 Å². The van der Waals surface area contributed by atoms with Gasteiger partial charge in [-0.2, -0.15) is 9.57 Å². The minimum Gasteiger partial charge on any atom is -0.235 e. The highest BCUT2D eigenvalue weighted by Crippen LogP contribution is 2.23. The number of hydrogen-bond donors (Lipinski definition) is 0. The van der Waals surface area contributed by atoms with E-state index in [1.54, 1.807) is 12.1 Å². The summed E-state index contributed by atoms with van der Waals surface area (Å²) in [6, 6.07) is 10.9. The van der Waals surface area contributed by atoms with Crippen LogP contribution in [0.1, 0.15) is 5.56 Å². The van der Waals surface area contributed by atoms with Crippen LogP contribution in [-0.2, 0) is 23.6 Å². The number of aromatic nitrogens is 3. The summed E-state index contributed by atoms with van der Waals surface area (Å²) in [6.07, 6.45) is 0. The summed E-state index contributed by atoms with van der Waals surface area (Å²) in [5.41, 5.74) is 0.794. The molecule has 0 aliphatic carbocycles. The molecule has 0 bridgehead atoms. The third-order valence-electron chi connectivity index (χ3n) is 2.77. The van der Waals surface area contributed by atoms with Gasteiger partial charge in [0.25, 0.3) is 10.0 Å². The molecule has 0 radical (unpaired) electrons. The molecule has 110 valence electrons. The lowest BCUT2D eigenvalue weighted by Crippen LogP contribution is -2.32. The van der Waals surface area contributed by atoms with Crippen LogP contribution >= 0.6 is 15.9 Å². The average Bonchev–Trinajstić information content (AvgIpc) is 2.79. The fourth-order valence-corrected chi connectivity index (χ4v) is 4.17. The molecule has 21 heavy (non-hydrogen) atoms. The molecule has 0 fully saturated rings. The van der Waals surface area contributed by atoms with E-state index in [0.29, 0.717) is 0 Å². The van der Waals surface area contributed by atoms with Crippen molar-refractivity contribution in [3.63, 3.8) is 0 Å². The number of halogens is 1. The molecule has 2 rings (SSSR count). The summed E-state index contributed by atoms with van der Waals surface area (Å²) < 4.78 is 27.7. The summed E-state index contributed by atoms with van der Waals surface area (Å²) in [5, 5.41) is 16.2. The van der Waals surface area contributed by atoms with Gasteiger partial charge in [0.05, 0.1) is 6.07 Å². The number of sulfonamides is 1. The zero-order valence-corrected chi connectivity index (χ0v) is 13.5. The average molecular weight is 370 g/mol. The number of benzene rings is 1. The van der Waals surface area contributed by atoms with Gasteiger partial charge in [0, 0.05) is 13.6 Å². The highest BCUT2D eigenvalue weighted by molar-refractivity contribution is 9.10. The van der Waals surface area contributed by atoms with Crippen LogP contribution in [0.2, 0.25) is 0 Å². The maximum Gasteiger partial charge on any atom is 0.264 e. The van der Waals surface area contributed by atoms with Gasteiger partial charge in [-0.05, 0) is 21.5 Å². The fourth-order valence-electron chi connectivity index (χ4n) is 1.81. The van der Waals surface area contributed by atoms with Crippen LogP contribution in [0, 0.1) is 11.3 Å². The minimum absolute atomic E-state index is 0.0753. The first-order valence-corrected chi connectivity index (χ1v) is 8.16. The van der Waals surface area contributed by atoms with Crippen molar-refractivity contribution in [3.05, 3.63) is 40.5 Å². The third-order valence-corrected chi connectivity index (χ3v) is 5.45. The first-order valence-electron chi connectivity index (χ1n) is 5.93. The molecule has 1 heterocycles. The van der Waals surface area contributed by atoms with Gasteiger partial charge in [0.2, 0.25) is 5.03 Å². The predicted molar refractivity (Wildman–Crippen MR) is 78.4 cm³/mol. The fraction of sp³-hybridized carbons (Fsp3) is 0.250. The lowest BCUT2D eigenvalue weighted by molar-refractivity contribution is 0.433. The molecule has 0 saturated heterocycles. The molecule has 2 aromatic rings. The van der Waals surface area contributed by atoms with E-state index in [-0.39, 0.29) is 22.7 Å². The molecular weight excluding hydrogens is 358 g/mol. The smallest absolute Gasteiger partial charge is 0.235 e. The number of nitriles is 1. The third kappa shape index (κ3) is 3.29. The zero-order valence-electron chi connectivity index (χ0n) is 11.1. The van der Waals surface area contributed by atoms with Crippen molar-refractivity contribution < 1.29 is 8.42 Å². The van der Waals surface area contributed by atoms with Gasteiger partial charge < -0.3 is 0 Å². The standard InChI is InChI=1S/C12H12BrN5O2S/c1-17-12(11(13)15-16-17)21(19,20)18(8-7-14)9-10-5-3-2-4-6-10/h2-6H,8-9H2,1H3. The van der Waals surface area contributed by atoms with Gasteiger partial charge in [-0.15, -0.1) is 5.10 Å². The van der Waals surface area contributed by atoms with Crippen LogP contribution in [0.25, 0.3) is 0 Å². The molecule has 0 spiro atoms. The van der Waals surface area contributed by atoms with Crippen molar-refractivity contribution >= 4 is 26.0 Å². The SMILES string of the molecule is Cn1nnc(Br)c1S(=O)(=O)N(CC#N)Cc1ccccc1. The molecular formula is C12H12BrN5O2S. The first-order chi connectivity index (χ1) is 9.96. The molecule has 7 nitrogen and oxygen atoms in total. The van der Waals surface area contributed by atoms with Crippen LogP contribution in [0.4, 0.5) is 0 Å². The monoisotopic (exact) mass is 369 g/mol. The van der Waals surface area contributed by atoms with E-state index in [4.69, 9.17) is 5.26 Å². The Hall–Kier alpha value is -1.76. The molecule has 0 aliphatic rings. The van der Waals surface area contributed by atoms with E-state index < -0.39 is 10.0 Å². The molecule has 0 amide bonds. The van der Waals surface area contributed by atoms with Crippen molar-refractivity contribution in [2.45, 2.75) is 11.6 Å². The van der Waals surface area contributed by atoms with Crippen LogP contribution in [0.3, 0.4) is 0 Å². The molecule has 9 heteroatoms. The Morgan fingerprint density at radius 1 is 1.38 bits per heavy atom. The Bertz CT molecular complexity index is 747. The highest BCUT2D eigenvalue weighted by Gasteiger charge is 2.31. The van der Waals surface area contributed by atoms with Crippen molar-refractivity contribution in [3.8, 4) is 6.07 Å². The summed E-state index contributed by atoms with van der Waals surface area (Å²) in [6.45, 7) is -0.150. The summed E-state index contributed by atoms with van der Waals surface area (Å²) in [4.78, 5) is 0. The lowest BCUT2D eigenvalue weighted by atomic mass is 10.2. The molecule has 0 saturated carbocycles. The number of hydrogen-bond acceptors (Lipinski definition) is 5. The van der Waals surface area contributed by atoms with Gasteiger partial charge in [0.15, 0.2) is 4.60 Å². The zero-order chi connectivity index (χ0) is 15.5. The van der Waals surface area contributed by atoms with Crippen molar-refractivity contribution in [1.29, 1.82) is 5.26 Å². The Morgan fingerprint density at radius 2 is 2.05 bits per heavy atom. The Balaban J connectivity index is 2.40. The summed E-state index contributed by atoms with van der Waals surface area (Å²) >= 11 is 3.07. The van der Waals surface area contributed by atoms with E-state index in [1.165, 1.54) is 7.05 Å². The predicted octanol–water partition coefficient (Wildman–Crippen LogP) is 1.29. The summed E-state index contributed by atoms with van der Waals surface area (Å²) in [5.74, 6) is 0. The topological polar surface area (TPSA) is 91.9 Å². The van der Waals surface area contributed by atoms with E-state index in [2.05, 4.69) is 26.2 Å². The van der Waals surface area contributed by atoms with Gasteiger partial charge in [0.1, 0.15) is 6.54 Å². The quantitative estimate of drug-likeness (QED) is 0.740. The molecule has 1 aromatic carbocycles. The van der Waals surface area contributed by atoms with Gasteiger partial charge in [-0.3, -0.25) is 0 Å². The molecule has 0 atom stereocenters. The molecule has 0 aliphatic heterocycles. The van der Waals surface area contributed by atoms with Crippen LogP contribution in [-0.4, -0.2) is 34.3 Å². The second-order valence-electron chi connectivity index (χ2n) is 4.23. The molecule has 0 N–H and O–H groups in total. The van der Waals surface area contributed by atoms with Gasteiger partial charge in [-0.1, -0.05) is 35.5 Å². The number of rotatable bonds is 5. The van der Waals surface area contributed by atoms with E-state index in [0.717, 1.165) is 14.6 Å². The van der Waals surface area contributed by atoms with E-state index >= 15 is 0 Å². The normalized spacial score (nSPS) is 11.5. The maximum atomic E-state index is 12.7. The molecule has 0 unspecified atom stereocenters. The lowest BCUT2D eigenvalue weighted by Gasteiger charge is -2.19. The molecule has 1 aromatic heterocycles. The van der Waals surface area contributed by atoms with Gasteiger partial charge >= 0.3 is 0 Å².